The molecule has 1 aromatic rings. The molecule has 2 aliphatic heterocycles. The molecule has 0 radical (unpaired) electrons. The fraction of sp³-hybridized carbons (Fsp3) is 0.789. The van der Waals surface area contributed by atoms with E-state index in [4.69, 9.17) is 10.5 Å². The minimum Gasteiger partial charge on any atom is -0.508 e. The van der Waals surface area contributed by atoms with Gasteiger partial charge in [0.2, 0.25) is 0 Å². The second-order valence-corrected chi connectivity index (χ2v) is 16.5. The van der Waals surface area contributed by atoms with Gasteiger partial charge in [0.05, 0.1) is 17.1 Å². The van der Waals surface area contributed by atoms with Crippen LogP contribution in [-0.4, -0.2) is 33.6 Å². The molecule has 4 N–H and O–H groups in total. The molecule has 2 saturated heterocycles. The van der Waals surface area contributed by atoms with E-state index >= 15 is 0 Å². The highest BCUT2D eigenvalue weighted by molar-refractivity contribution is 5.40. The van der Waals surface area contributed by atoms with Crippen molar-refractivity contribution in [3.05, 3.63) is 29.3 Å². The van der Waals surface area contributed by atoms with Crippen LogP contribution < -0.4 is 5.73 Å². The molecule has 0 amide bonds. The number of ether oxygens (including phenoxy) is 1. The molecular weight excluding hydrogens is 518 g/mol. The topological polar surface area (TPSA) is 75.7 Å². The third-order valence-electron chi connectivity index (χ3n) is 14.4. The Morgan fingerprint density at radius 1 is 0.952 bits per heavy atom. The van der Waals surface area contributed by atoms with Gasteiger partial charge < -0.3 is 20.7 Å². The monoisotopic (exact) mass is 571 g/mol. The second-order valence-electron chi connectivity index (χ2n) is 16.5. The van der Waals surface area contributed by atoms with Gasteiger partial charge in [0.15, 0.2) is 0 Å². The maximum absolute atomic E-state index is 10.9. The van der Waals surface area contributed by atoms with Crippen LogP contribution >= 0.6 is 0 Å². The number of hydrogen-bond donors (Lipinski definition) is 3. The summed E-state index contributed by atoms with van der Waals surface area (Å²) in [5, 5.41) is 21.4. The molecule has 4 nitrogen and oxygen atoms in total. The number of phenolic OH excluding ortho intramolecular Hbond substituents is 1. The molecule has 8 aliphatic rings. The van der Waals surface area contributed by atoms with Crippen molar-refractivity contribution < 1.29 is 14.9 Å². The minimum atomic E-state index is -0.529. The van der Waals surface area contributed by atoms with Crippen LogP contribution in [0.2, 0.25) is 0 Å². The van der Waals surface area contributed by atoms with E-state index in [1.54, 1.807) is 0 Å². The summed E-state index contributed by atoms with van der Waals surface area (Å²) >= 11 is 0. The van der Waals surface area contributed by atoms with Crippen LogP contribution in [0.25, 0.3) is 0 Å². The summed E-state index contributed by atoms with van der Waals surface area (Å²) in [5.41, 5.74) is 9.83. The number of phenols is 1. The summed E-state index contributed by atoms with van der Waals surface area (Å²) in [6, 6.07) is 6.00. The molecule has 7 fully saturated rings. The summed E-state index contributed by atoms with van der Waals surface area (Å²) < 4.78 is 7.95. The van der Waals surface area contributed by atoms with Crippen LogP contribution in [0.1, 0.15) is 114 Å². The van der Waals surface area contributed by atoms with Crippen LogP contribution in [0, 0.1) is 58.7 Å². The number of aliphatic hydroxyl groups is 1. The summed E-state index contributed by atoms with van der Waals surface area (Å²) in [6.45, 7) is 2.63. The molecule has 9 rings (SSSR count). The Bertz CT molecular complexity index is 1270. The number of benzene rings is 1. The standard InChI is InChI=1S/C38H53NO3/c1-35(29-9-3-2-4-10-29)34-28-12-14-30(24-40)38(34,39)33-11-7-8-26-20-32(41)15-13-27(26)18-25-19-31(37(33,22-28)42-35)23-36(21-25)16-5-6-17-36/h13,15,20,25,28-31,33-34,40-41H,2-6,8-10,12,14,16-19,21-24,39H2,1H3/t25-,28+,30+,31-,33-,34+,35-,37-,38+/m1/s1. The molecule has 5 saturated carbocycles. The smallest absolute Gasteiger partial charge is 0.115 e. The van der Waals surface area contributed by atoms with Crippen molar-refractivity contribution in [3.63, 3.8) is 0 Å². The fourth-order valence-electron chi connectivity index (χ4n) is 13.0. The average molecular weight is 572 g/mol. The number of fused-ring (bicyclic) bond motifs is 4. The molecule has 0 unspecified atom stereocenters. The molecule has 2 spiro atoms. The summed E-state index contributed by atoms with van der Waals surface area (Å²) in [5.74, 6) is 10.4. The molecular formula is C38H53NO3. The molecule has 6 aliphatic carbocycles. The highest BCUT2D eigenvalue weighted by Gasteiger charge is 2.76. The van der Waals surface area contributed by atoms with Gasteiger partial charge >= 0.3 is 0 Å². The van der Waals surface area contributed by atoms with E-state index in [0.29, 0.717) is 41.3 Å². The summed E-state index contributed by atoms with van der Waals surface area (Å²) in [7, 11) is 0. The average Bonchev–Trinajstić information content (AvgIpc) is 3.42. The minimum absolute atomic E-state index is 0.0542. The maximum atomic E-state index is 10.9. The zero-order chi connectivity index (χ0) is 28.7. The van der Waals surface area contributed by atoms with Gasteiger partial charge in [-0.05, 0) is 130 Å². The van der Waals surface area contributed by atoms with Gasteiger partial charge in [0.25, 0.3) is 0 Å². The van der Waals surface area contributed by atoms with Gasteiger partial charge in [0.1, 0.15) is 5.75 Å². The Hall–Kier alpha value is -1.54. The maximum Gasteiger partial charge on any atom is 0.115 e. The zero-order valence-electron chi connectivity index (χ0n) is 25.9. The highest BCUT2D eigenvalue weighted by atomic mass is 16.5. The summed E-state index contributed by atoms with van der Waals surface area (Å²) in [6.07, 6.45) is 20.7. The van der Waals surface area contributed by atoms with Crippen molar-refractivity contribution >= 4 is 0 Å². The predicted molar refractivity (Wildman–Crippen MR) is 166 cm³/mol. The van der Waals surface area contributed by atoms with Crippen molar-refractivity contribution in [2.45, 2.75) is 133 Å². The van der Waals surface area contributed by atoms with E-state index in [9.17, 15) is 10.2 Å². The van der Waals surface area contributed by atoms with Crippen LogP contribution in [-0.2, 0) is 17.6 Å². The zero-order valence-corrected chi connectivity index (χ0v) is 25.9. The Morgan fingerprint density at radius 2 is 1.76 bits per heavy atom. The number of hydrogen-bond acceptors (Lipinski definition) is 4. The Kier molecular flexibility index (Phi) is 6.65. The van der Waals surface area contributed by atoms with Crippen molar-refractivity contribution in [3.8, 4) is 17.6 Å². The lowest BCUT2D eigenvalue weighted by molar-refractivity contribution is -0.361. The Labute approximate surface area is 253 Å². The quantitative estimate of drug-likeness (QED) is 0.337. The van der Waals surface area contributed by atoms with E-state index in [0.717, 1.165) is 19.3 Å². The van der Waals surface area contributed by atoms with E-state index in [1.165, 1.54) is 94.6 Å². The first-order valence-corrected chi connectivity index (χ1v) is 17.7. The van der Waals surface area contributed by atoms with Gasteiger partial charge in [-0.3, -0.25) is 0 Å². The molecule has 1 aromatic carbocycles. The lowest BCUT2D eigenvalue weighted by Crippen LogP contribution is -2.84. The second kappa shape index (κ2) is 9.98. The van der Waals surface area contributed by atoms with Gasteiger partial charge in [-0.2, -0.15) is 0 Å². The first kappa shape index (κ1) is 28.0. The molecule has 42 heavy (non-hydrogen) atoms. The molecule has 4 heteroatoms. The van der Waals surface area contributed by atoms with E-state index < -0.39 is 5.54 Å². The number of aliphatic hydroxyl groups excluding tert-OH is 1. The number of nitrogens with two attached hydrogens (primary N) is 1. The van der Waals surface area contributed by atoms with E-state index in [1.807, 2.05) is 12.1 Å². The first-order chi connectivity index (χ1) is 20.3. The van der Waals surface area contributed by atoms with Crippen LogP contribution in [0.4, 0.5) is 0 Å². The Morgan fingerprint density at radius 3 is 2.55 bits per heavy atom. The number of aromatic hydroxyl groups is 1. The van der Waals surface area contributed by atoms with E-state index in [-0.39, 0.29) is 35.6 Å². The number of rotatable bonds is 2. The molecule has 2 heterocycles. The lowest BCUT2D eigenvalue weighted by atomic mass is 9.38. The molecule has 9 atom stereocenters. The van der Waals surface area contributed by atoms with Crippen LogP contribution in [0.5, 0.6) is 5.75 Å². The third kappa shape index (κ3) is 3.98. The van der Waals surface area contributed by atoms with Crippen molar-refractivity contribution in [1.82, 2.24) is 0 Å². The summed E-state index contributed by atoms with van der Waals surface area (Å²) in [4.78, 5) is 0. The largest absolute Gasteiger partial charge is 0.508 e. The predicted octanol–water partition coefficient (Wildman–Crippen LogP) is 6.93. The fourth-order valence-corrected chi connectivity index (χ4v) is 13.0. The highest BCUT2D eigenvalue weighted by Crippen LogP contribution is 2.71. The van der Waals surface area contributed by atoms with Crippen molar-refractivity contribution in [1.29, 1.82) is 0 Å². The van der Waals surface area contributed by atoms with Crippen molar-refractivity contribution in [2.24, 2.45) is 52.6 Å². The SMILES string of the molecule is C[C@]1(C2CCCCC2)O[C@@]23C[C@@H]4CC[C@@H](CO)[C@](N)([C@@H]2C#CCc2cc(O)ccc2C[C@@H]2C[C@@H]3CC3(CCCC3)C2)[C@@H]41. The third-order valence-corrected chi connectivity index (χ3v) is 14.4. The van der Waals surface area contributed by atoms with Crippen LogP contribution in [0.15, 0.2) is 18.2 Å². The Balaban J connectivity index is 1.32. The molecule has 0 aromatic heterocycles. The first-order valence-electron chi connectivity index (χ1n) is 17.7. The van der Waals surface area contributed by atoms with Gasteiger partial charge in [-0.25, -0.2) is 0 Å². The van der Waals surface area contributed by atoms with Crippen molar-refractivity contribution in [2.75, 3.05) is 6.61 Å². The van der Waals surface area contributed by atoms with Gasteiger partial charge in [-0.15, -0.1) is 0 Å². The van der Waals surface area contributed by atoms with E-state index in [2.05, 4.69) is 24.8 Å². The molecule has 228 valence electrons. The normalized spacial score (nSPS) is 45.8. The van der Waals surface area contributed by atoms with Crippen LogP contribution in [0.3, 0.4) is 0 Å². The van der Waals surface area contributed by atoms with Gasteiger partial charge in [-0.1, -0.05) is 50.0 Å². The van der Waals surface area contributed by atoms with Gasteiger partial charge in [0, 0.05) is 30.4 Å². The lowest BCUT2D eigenvalue weighted by Gasteiger charge is -2.75. The molecule has 6 bridgehead atoms.